The standard InChI is InChI=1S/C21H20F3N7O2/c1-11-14-9-26-29-16(14)7-6-15(11)27-20-28-18(30-31(20)2)12-4-5-13(17(8-12)33-3)19(32)25-10-21(22,23)24/h4-9H,10H2,1-3H3,(H,25,32)(H,26,29)(H,27,28,30). The van der Waals surface area contributed by atoms with E-state index < -0.39 is 18.6 Å². The number of rotatable bonds is 6. The van der Waals surface area contributed by atoms with Crippen molar-refractivity contribution in [2.45, 2.75) is 13.1 Å². The summed E-state index contributed by atoms with van der Waals surface area (Å²) in [5.74, 6) is 0.0389. The molecule has 0 bridgehead atoms. The van der Waals surface area contributed by atoms with Crippen LogP contribution in [0.1, 0.15) is 15.9 Å². The molecule has 2 aromatic heterocycles. The van der Waals surface area contributed by atoms with E-state index in [1.807, 2.05) is 24.4 Å². The second-order valence-electron chi connectivity index (χ2n) is 7.29. The number of hydrogen-bond acceptors (Lipinski definition) is 6. The number of carbonyl (C=O) groups is 1. The fraction of sp³-hybridized carbons (Fsp3) is 0.238. The number of halogens is 3. The van der Waals surface area contributed by atoms with Gasteiger partial charge in [0.1, 0.15) is 12.3 Å². The molecule has 0 unspecified atom stereocenters. The first-order valence-electron chi connectivity index (χ1n) is 9.80. The highest BCUT2D eigenvalue weighted by Gasteiger charge is 2.28. The predicted molar refractivity (Wildman–Crippen MR) is 115 cm³/mol. The summed E-state index contributed by atoms with van der Waals surface area (Å²) in [5, 5.41) is 17.4. The molecule has 1 amide bonds. The third-order valence-electron chi connectivity index (χ3n) is 5.06. The highest BCUT2D eigenvalue weighted by atomic mass is 19.4. The minimum atomic E-state index is -4.51. The predicted octanol–water partition coefficient (Wildman–Crippen LogP) is 3.71. The Hall–Kier alpha value is -4.09. The van der Waals surface area contributed by atoms with E-state index in [4.69, 9.17) is 4.74 Å². The minimum Gasteiger partial charge on any atom is -0.496 e. The number of nitrogens with zero attached hydrogens (tertiary/aromatic N) is 4. The Balaban J connectivity index is 1.59. The maximum atomic E-state index is 12.4. The Kier molecular flexibility index (Phi) is 5.66. The minimum absolute atomic E-state index is 0.0242. The number of aromatic amines is 1. The van der Waals surface area contributed by atoms with Crippen molar-refractivity contribution < 1.29 is 22.7 Å². The molecule has 12 heteroatoms. The molecule has 3 N–H and O–H groups in total. The largest absolute Gasteiger partial charge is 0.496 e. The molecule has 0 saturated heterocycles. The van der Waals surface area contributed by atoms with Gasteiger partial charge in [0.15, 0.2) is 5.82 Å². The maximum Gasteiger partial charge on any atom is 0.405 e. The lowest BCUT2D eigenvalue weighted by Gasteiger charge is -2.11. The number of anilines is 2. The maximum absolute atomic E-state index is 12.4. The van der Waals surface area contributed by atoms with Gasteiger partial charge in [0.2, 0.25) is 5.95 Å². The van der Waals surface area contributed by atoms with Crippen LogP contribution in [0.15, 0.2) is 36.5 Å². The Bertz CT molecular complexity index is 1330. The first kappa shape index (κ1) is 22.1. The number of nitrogens with one attached hydrogen (secondary N) is 3. The summed E-state index contributed by atoms with van der Waals surface area (Å²) in [7, 11) is 3.05. The SMILES string of the molecule is COc1cc(-c2nc(Nc3ccc4[nH]ncc4c3C)n(C)n2)ccc1C(=O)NCC(F)(F)F. The Labute approximate surface area is 186 Å². The molecule has 0 atom stereocenters. The molecule has 0 spiro atoms. The topological polar surface area (TPSA) is 110 Å². The zero-order chi connectivity index (χ0) is 23.8. The van der Waals surface area contributed by atoms with E-state index in [0.717, 1.165) is 22.2 Å². The summed E-state index contributed by atoms with van der Waals surface area (Å²) < 4.78 is 44.0. The van der Waals surface area contributed by atoms with Crippen molar-refractivity contribution >= 4 is 28.4 Å². The molecule has 9 nitrogen and oxygen atoms in total. The van der Waals surface area contributed by atoms with Crippen LogP contribution >= 0.6 is 0 Å². The van der Waals surface area contributed by atoms with Gasteiger partial charge in [-0.25, -0.2) is 4.68 Å². The number of hydrogen-bond donors (Lipinski definition) is 3. The Morgan fingerprint density at radius 2 is 2.03 bits per heavy atom. The van der Waals surface area contributed by atoms with Crippen molar-refractivity contribution in [1.29, 1.82) is 0 Å². The van der Waals surface area contributed by atoms with Crippen LogP contribution in [-0.2, 0) is 7.05 Å². The molecule has 2 aromatic carbocycles. The van der Waals surface area contributed by atoms with E-state index in [1.54, 1.807) is 24.0 Å². The molecule has 4 aromatic rings. The zero-order valence-corrected chi connectivity index (χ0v) is 17.9. The normalized spacial score (nSPS) is 11.6. The van der Waals surface area contributed by atoms with E-state index in [2.05, 4.69) is 25.6 Å². The van der Waals surface area contributed by atoms with Crippen LogP contribution in [0.3, 0.4) is 0 Å². The van der Waals surface area contributed by atoms with E-state index >= 15 is 0 Å². The van der Waals surface area contributed by atoms with Crippen molar-refractivity contribution in [3.05, 3.63) is 47.7 Å². The molecule has 2 heterocycles. The monoisotopic (exact) mass is 459 g/mol. The summed E-state index contributed by atoms with van der Waals surface area (Å²) in [5.41, 5.74) is 3.25. The van der Waals surface area contributed by atoms with E-state index in [9.17, 15) is 18.0 Å². The third-order valence-corrected chi connectivity index (χ3v) is 5.06. The van der Waals surface area contributed by atoms with Crippen LogP contribution in [0.2, 0.25) is 0 Å². The number of amides is 1. The summed E-state index contributed by atoms with van der Waals surface area (Å²) in [6, 6.07) is 8.24. The van der Waals surface area contributed by atoms with Crippen LogP contribution in [0.5, 0.6) is 5.75 Å². The molecule has 4 rings (SSSR count). The number of carbonyl (C=O) groups excluding carboxylic acids is 1. The number of aryl methyl sites for hydroxylation is 2. The lowest BCUT2D eigenvalue weighted by Crippen LogP contribution is -2.33. The van der Waals surface area contributed by atoms with Gasteiger partial charge < -0.3 is 15.4 Å². The van der Waals surface area contributed by atoms with Crippen molar-refractivity contribution in [2.24, 2.45) is 7.05 Å². The molecule has 0 saturated carbocycles. The van der Waals surface area contributed by atoms with Crippen LogP contribution < -0.4 is 15.4 Å². The van der Waals surface area contributed by atoms with Crippen molar-refractivity contribution in [3.63, 3.8) is 0 Å². The Morgan fingerprint density at radius 1 is 1.24 bits per heavy atom. The van der Waals surface area contributed by atoms with Gasteiger partial charge in [-0.1, -0.05) is 6.07 Å². The second-order valence-corrected chi connectivity index (χ2v) is 7.29. The molecule has 0 fully saturated rings. The van der Waals surface area contributed by atoms with Crippen LogP contribution in [0, 0.1) is 6.92 Å². The summed E-state index contributed by atoms with van der Waals surface area (Å²) >= 11 is 0. The molecule has 0 aliphatic heterocycles. The zero-order valence-electron chi connectivity index (χ0n) is 17.9. The number of H-pyrrole nitrogens is 1. The number of aromatic nitrogens is 5. The van der Waals surface area contributed by atoms with Gasteiger partial charge in [0, 0.05) is 23.7 Å². The van der Waals surface area contributed by atoms with E-state index in [0.29, 0.717) is 17.3 Å². The molecule has 172 valence electrons. The number of methoxy groups -OCH3 is 1. The van der Waals surface area contributed by atoms with Gasteiger partial charge in [-0.3, -0.25) is 9.89 Å². The quantitative estimate of drug-likeness (QED) is 0.406. The van der Waals surface area contributed by atoms with E-state index in [1.165, 1.54) is 19.2 Å². The van der Waals surface area contributed by atoms with Crippen molar-refractivity contribution in [2.75, 3.05) is 19.0 Å². The number of alkyl halides is 3. The average molecular weight is 459 g/mol. The number of benzene rings is 2. The van der Waals surface area contributed by atoms with E-state index in [-0.39, 0.29) is 11.3 Å². The van der Waals surface area contributed by atoms with Gasteiger partial charge in [-0.2, -0.15) is 23.3 Å². The average Bonchev–Trinajstić information content (AvgIpc) is 3.40. The smallest absolute Gasteiger partial charge is 0.405 e. The third kappa shape index (κ3) is 4.59. The summed E-state index contributed by atoms with van der Waals surface area (Å²) in [6.07, 6.45) is -2.76. The Morgan fingerprint density at radius 3 is 2.76 bits per heavy atom. The fourth-order valence-corrected chi connectivity index (χ4v) is 3.32. The molecule has 0 aliphatic carbocycles. The second kappa shape index (κ2) is 8.45. The van der Waals surface area contributed by atoms with Crippen LogP contribution in [0.25, 0.3) is 22.3 Å². The van der Waals surface area contributed by atoms with Crippen LogP contribution in [0.4, 0.5) is 24.8 Å². The lowest BCUT2D eigenvalue weighted by atomic mass is 10.1. The molecule has 0 radical (unpaired) electrons. The highest BCUT2D eigenvalue weighted by molar-refractivity contribution is 5.97. The first-order valence-corrected chi connectivity index (χ1v) is 9.80. The van der Waals surface area contributed by atoms with Crippen molar-refractivity contribution in [1.82, 2.24) is 30.3 Å². The number of ether oxygens (including phenoxy) is 1. The van der Waals surface area contributed by atoms with Crippen molar-refractivity contribution in [3.8, 4) is 17.1 Å². The van der Waals surface area contributed by atoms with Crippen LogP contribution in [-0.4, -0.2) is 50.7 Å². The molecule has 0 aliphatic rings. The lowest BCUT2D eigenvalue weighted by molar-refractivity contribution is -0.123. The fourth-order valence-electron chi connectivity index (χ4n) is 3.32. The molecular weight excluding hydrogens is 439 g/mol. The van der Waals surface area contributed by atoms with Gasteiger partial charge in [0.05, 0.1) is 24.4 Å². The summed E-state index contributed by atoms with van der Waals surface area (Å²) in [4.78, 5) is 16.7. The molecule has 33 heavy (non-hydrogen) atoms. The van der Waals surface area contributed by atoms with Gasteiger partial charge in [-0.15, -0.1) is 5.10 Å². The number of fused-ring (bicyclic) bond motifs is 1. The highest BCUT2D eigenvalue weighted by Crippen LogP contribution is 2.29. The first-order chi connectivity index (χ1) is 15.7. The molecular formula is C21H20F3N7O2. The van der Waals surface area contributed by atoms with Gasteiger partial charge in [-0.05, 0) is 36.8 Å². The van der Waals surface area contributed by atoms with Gasteiger partial charge >= 0.3 is 6.18 Å². The summed E-state index contributed by atoms with van der Waals surface area (Å²) in [6.45, 7) is 0.530. The van der Waals surface area contributed by atoms with Gasteiger partial charge in [0.25, 0.3) is 5.91 Å².